The molecule has 214 valence electrons. The molecule has 0 aromatic heterocycles. The molecule has 1 aliphatic rings. The Morgan fingerprint density at radius 2 is 1.64 bits per heavy atom. The van der Waals surface area contributed by atoms with Crippen LogP contribution in [0.1, 0.15) is 61.4 Å². The largest absolute Gasteiger partial charge is 0.573 e. The topological polar surface area (TPSA) is 108 Å². The van der Waals surface area contributed by atoms with Crippen molar-refractivity contribution in [3.8, 4) is 5.75 Å². The van der Waals surface area contributed by atoms with Crippen LogP contribution >= 0.6 is 13.5 Å². The van der Waals surface area contributed by atoms with E-state index in [1.165, 1.54) is 12.1 Å². The van der Waals surface area contributed by atoms with Crippen molar-refractivity contribution in [2.24, 2.45) is 5.92 Å². The third-order valence-electron chi connectivity index (χ3n) is 6.62. The lowest BCUT2D eigenvalue weighted by Crippen LogP contribution is -2.45. The van der Waals surface area contributed by atoms with Crippen LogP contribution < -0.4 is 15.4 Å². The summed E-state index contributed by atoms with van der Waals surface area (Å²) in [6.45, 7) is 2.28. The molecule has 2 aromatic rings. The highest BCUT2D eigenvalue weighted by molar-refractivity contribution is 7.59. The summed E-state index contributed by atoms with van der Waals surface area (Å²) in [6.07, 6.45) is 0.385. The Hall–Kier alpha value is -3.41. The van der Waals surface area contributed by atoms with Crippen LogP contribution in [-0.4, -0.2) is 46.9 Å². The lowest BCUT2D eigenvalue weighted by molar-refractivity contribution is -0.274. The van der Waals surface area contributed by atoms with Gasteiger partial charge in [0.1, 0.15) is 5.75 Å². The summed E-state index contributed by atoms with van der Waals surface area (Å²) in [5, 5.41) is 14.0. The number of hydrogen-bond donors (Lipinski definition) is 3. The van der Waals surface area contributed by atoms with Gasteiger partial charge in [0.2, 0.25) is 0 Å². The van der Waals surface area contributed by atoms with E-state index in [4.69, 9.17) is 5.11 Å². The van der Waals surface area contributed by atoms with Crippen LogP contribution in [0, 0.1) is 5.92 Å². The van der Waals surface area contributed by atoms with Crippen molar-refractivity contribution in [2.45, 2.75) is 64.4 Å². The molecule has 0 spiro atoms. The number of aliphatic carboxylic acids is 1. The Kier molecular flexibility index (Phi) is 12.0. The number of anilines is 1. The third kappa shape index (κ3) is 10.3. The first kappa shape index (κ1) is 31.8. The number of carboxylic acid groups (broad SMARTS) is 1. The van der Waals surface area contributed by atoms with E-state index < -0.39 is 12.3 Å². The summed E-state index contributed by atoms with van der Waals surface area (Å²) in [4.78, 5) is 37.9. The number of ether oxygens (including phenoxy) is 1. The fraction of sp³-hybridized carbons (Fsp3) is 0.444. The van der Waals surface area contributed by atoms with E-state index in [9.17, 15) is 27.6 Å². The summed E-state index contributed by atoms with van der Waals surface area (Å²) in [5.74, 6) is -1.45. The molecule has 3 amide bonds. The van der Waals surface area contributed by atoms with Gasteiger partial charge in [0.15, 0.2) is 0 Å². The number of amides is 3. The molecule has 0 unspecified atom stereocenters. The second-order valence-corrected chi connectivity index (χ2v) is 9.37. The van der Waals surface area contributed by atoms with Crippen LogP contribution in [0.3, 0.4) is 0 Å². The SMILES string of the molecule is C[C@@H](C1CCCCC1)N(Cc1ccc(C(=O)NCCC(=O)O)cc1)C(=O)Nc1ccc(OC(F)(F)F)cc1.S. The highest BCUT2D eigenvalue weighted by Gasteiger charge is 2.31. The minimum atomic E-state index is -4.80. The van der Waals surface area contributed by atoms with Crippen LogP contribution in [0.25, 0.3) is 0 Å². The second-order valence-electron chi connectivity index (χ2n) is 9.37. The van der Waals surface area contributed by atoms with E-state index in [0.29, 0.717) is 17.2 Å². The molecule has 8 nitrogen and oxygen atoms in total. The molecule has 2 aromatic carbocycles. The van der Waals surface area contributed by atoms with Crippen molar-refractivity contribution in [2.75, 3.05) is 11.9 Å². The molecular weight excluding hydrogens is 535 g/mol. The van der Waals surface area contributed by atoms with Gasteiger partial charge in [0, 0.05) is 30.4 Å². The fourth-order valence-corrected chi connectivity index (χ4v) is 4.55. The predicted octanol–water partition coefficient (Wildman–Crippen LogP) is 5.91. The molecular formula is C27H34F3N3O5S. The Morgan fingerprint density at radius 3 is 2.21 bits per heavy atom. The van der Waals surface area contributed by atoms with Crippen molar-refractivity contribution in [1.29, 1.82) is 0 Å². The van der Waals surface area contributed by atoms with Crippen LogP contribution in [-0.2, 0) is 11.3 Å². The number of carbonyl (C=O) groups is 3. The zero-order valence-electron chi connectivity index (χ0n) is 21.6. The molecule has 1 aliphatic carbocycles. The van der Waals surface area contributed by atoms with Crippen molar-refractivity contribution < 1.29 is 37.4 Å². The molecule has 3 rings (SSSR count). The van der Waals surface area contributed by atoms with Gasteiger partial charge in [-0.15, -0.1) is 13.2 Å². The average Bonchev–Trinajstić information content (AvgIpc) is 2.87. The van der Waals surface area contributed by atoms with Gasteiger partial charge in [0.05, 0.1) is 6.42 Å². The monoisotopic (exact) mass is 569 g/mol. The van der Waals surface area contributed by atoms with Gasteiger partial charge < -0.3 is 25.4 Å². The second kappa shape index (κ2) is 14.7. The molecule has 3 N–H and O–H groups in total. The highest BCUT2D eigenvalue weighted by atomic mass is 32.1. The number of nitrogens with one attached hydrogen (secondary N) is 2. The van der Waals surface area contributed by atoms with E-state index in [1.807, 2.05) is 6.92 Å². The molecule has 0 heterocycles. The molecule has 39 heavy (non-hydrogen) atoms. The van der Waals surface area contributed by atoms with Crippen LogP contribution in [0.2, 0.25) is 0 Å². The maximum atomic E-state index is 13.4. The lowest BCUT2D eigenvalue weighted by Gasteiger charge is -2.37. The first-order chi connectivity index (χ1) is 18.0. The number of halogens is 3. The first-order valence-corrected chi connectivity index (χ1v) is 12.5. The molecule has 12 heteroatoms. The number of urea groups is 1. The molecule has 0 bridgehead atoms. The quantitative estimate of drug-likeness (QED) is 0.330. The number of carboxylic acids is 1. The predicted molar refractivity (Wildman–Crippen MR) is 145 cm³/mol. The average molecular weight is 570 g/mol. The first-order valence-electron chi connectivity index (χ1n) is 12.5. The van der Waals surface area contributed by atoms with Crippen molar-refractivity contribution >= 4 is 37.1 Å². The number of rotatable bonds is 10. The van der Waals surface area contributed by atoms with E-state index >= 15 is 0 Å². The van der Waals surface area contributed by atoms with Gasteiger partial charge in [-0.1, -0.05) is 31.4 Å². The molecule has 0 saturated heterocycles. The number of carbonyl (C=O) groups excluding carboxylic acids is 2. The molecule has 1 atom stereocenters. The molecule has 0 radical (unpaired) electrons. The van der Waals surface area contributed by atoms with Gasteiger partial charge in [-0.05, 0) is 67.6 Å². The summed E-state index contributed by atoms with van der Waals surface area (Å²) in [5.41, 5.74) is 1.49. The zero-order valence-corrected chi connectivity index (χ0v) is 22.6. The summed E-state index contributed by atoms with van der Waals surface area (Å²) < 4.78 is 41.2. The lowest BCUT2D eigenvalue weighted by atomic mass is 9.84. The standard InChI is InChI=1S/C27H32F3N3O5.H2S/c1-18(20-5-3-2-4-6-20)33(26(37)32-22-11-13-23(14-12-22)38-27(28,29)30)17-19-7-9-21(10-8-19)25(36)31-16-15-24(34)35;/h7-14,18,20H,2-6,15-17H2,1H3,(H,31,36)(H,32,37)(H,34,35);1H2/t18-;/m0./s1. The van der Waals surface area contributed by atoms with E-state index in [1.54, 1.807) is 29.2 Å². The summed E-state index contributed by atoms with van der Waals surface area (Å²) >= 11 is 0. The van der Waals surface area contributed by atoms with E-state index in [2.05, 4.69) is 15.4 Å². The number of hydrogen-bond acceptors (Lipinski definition) is 4. The van der Waals surface area contributed by atoms with Gasteiger partial charge in [-0.25, -0.2) is 4.79 Å². The third-order valence-corrected chi connectivity index (χ3v) is 6.62. The van der Waals surface area contributed by atoms with Crippen LogP contribution in [0.15, 0.2) is 48.5 Å². The van der Waals surface area contributed by atoms with Crippen molar-refractivity contribution in [3.63, 3.8) is 0 Å². The van der Waals surface area contributed by atoms with Gasteiger partial charge in [-0.3, -0.25) is 9.59 Å². The summed E-state index contributed by atoms with van der Waals surface area (Å²) in [6, 6.07) is 11.2. The van der Waals surface area contributed by atoms with Gasteiger partial charge >= 0.3 is 18.4 Å². The molecule has 0 aliphatic heterocycles. The molecule has 1 saturated carbocycles. The van der Waals surface area contributed by atoms with E-state index in [-0.39, 0.29) is 56.7 Å². The summed E-state index contributed by atoms with van der Waals surface area (Å²) in [7, 11) is 0. The Balaban J connectivity index is 0.00000533. The Morgan fingerprint density at radius 1 is 1.03 bits per heavy atom. The normalized spacial score (nSPS) is 14.5. The fourth-order valence-electron chi connectivity index (χ4n) is 4.55. The maximum Gasteiger partial charge on any atom is 0.573 e. The number of benzene rings is 2. The maximum absolute atomic E-state index is 13.4. The molecule has 1 fully saturated rings. The Labute approximate surface area is 232 Å². The zero-order chi connectivity index (χ0) is 27.7. The van der Waals surface area contributed by atoms with Crippen LogP contribution in [0.5, 0.6) is 5.75 Å². The van der Waals surface area contributed by atoms with Crippen molar-refractivity contribution in [1.82, 2.24) is 10.2 Å². The smallest absolute Gasteiger partial charge is 0.481 e. The van der Waals surface area contributed by atoms with E-state index in [0.717, 1.165) is 49.8 Å². The minimum Gasteiger partial charge on any atom is -0.481 e. The Bertz CT molecular complexity index is 1090. The van der Waals surface area contributed by atoms with Crippen LogP contribution in [0.4, 0.5) is 23.7 Å². The minimum absolute atomic E-state index is 0. The highest BCUT2D eigenvalue weighted by Crippen LogP contribution is 2.30. The van der Waals surface area contributed by atoms with Crippen molar-refractivity contribution in [3.05, 3.63) is 59.7 Å². The van der Waals surface area contributed by atoms with Gasteiger partial charge in [0.25, 0.3) is 5.91 Å². The number of nitrogens with zero attached hydrogens (tertiary/aromatic N) is 1. The van der Waals surface area contributed by atoms with Gasteiger partial charge in [-0.2, -0.15) is 13.5 Å². The number of alkyl halides is 3.